The summed E-state index contributed by atoms with van der Waals surface area (Å²) in [6.07, 6.45) is 4.37. The Labute approximate surface area is 107 Å². The number of amides is 3. The molecule has 6 heteroatoms. The molecule has 2 rings (SSSR count). The van der Waals surface area contributed by atoms with Crippen molar-refractivity contribution in [3.8, 4) is 0 Å². The van der Waals surface area contributed by atoms with Gasteiger partial charge in [-0.25, -0.2) is 4.79 Å². The third-order valence-corrected chi connectivity index (χ3v) is 3.75. The Morgan fingerprint density at radius 3 is 2.89 bits per heavy atom. The van der Waals surface area contributed by atoms with Gasteiger partial charge in [-0.15, -0.1) is 0 Å². The summed E-state index contributed by atoms with van der Waals surface area (Å²) in [7, 11) is 0. The molecule has 3 amide bonds. The van der Waals surface area contributed by atoms with Gasteiger partial charge in [0.05, 0.1) is 6.54 Å². The average Bonchev–Trinajstić information content (AvgIpc) is 2.78. The summed E-state index contributed by atoms with van der Waals surface area (Å²) in [5.41, 5.74) is 5.61. The topological polar surface area (TPSA) is 78.7 Å². The van der Waals surface area contributed by atoms with Gasteiger partial charge in [-0.1, -0.05) is 6.42 Å². The maximum atomic E-state index is 12.1. The van der Waals surface area contributed by atoms with Crippen LogP contribution in [0, 0.1) is 0 Å². The summed E-state index contributed by atoms with van der Waals surface area (Å²) in [4.78, 5) is 27.0. The molecule has 2 aliphatic rings. The van der Waals surface area contributed by atoms with Crippen LogP contribution in [0.5, 0.6) is 0 Å². The lowest BCUT2D eigenvalue weighted by atomic mass is 9.99. The van der Waals surface area contributed by atoms with Gasteiger partial charge in [0, 0.05) is 19.1 Å². The lowest BCUT2D eigenvalue weighted by Gasteiger charge is -2.35. The number of hydrogen-bond donors (Lipinski definition) is 2. The van der Waals surface area contributed by atoms with E-state index < -0.39 is 0 Å². The maximum absolute atomic E-state index is 12.1. The zero-order valence-electron chi connectivity index (χ0n) is 10.7. The summed E-state index contributed by atoms with van der Waals surface area (Å²) < 4.78 is 0. The van der Waals surface area contributed by atoms with E-state index in [4.69, 9.17) is 5.73 Å². The fraction of sp³-hybridized carbons (Fsp3) is 0.833. The van der Waals surface area contributed by atoms with E-state index in [-0.39, 0.29) is 11.9 Å². The first kappa shape index (κ1) is 13.3. The predicted molar refractivity (Wildman–Crippen MR) is 68.0 cm³/mol. The van der Waals surface area contributed by atoms with Gasteiger partial charge in [0.15, 0.2) is 0 Å². The summed E-state index contributed by atoms with van der Waals surface area (Å²) >= 11 is 0. The van der Waals surface area contributed by atoms with Gasteiger partial charge in [0.25, 0.3) is 0 Å². The number of carbonyl (C=O) groups excluding carboxylic acids is 2. The molecule has 2 fully saturated rings. The van der Waals surface area contributed by atoms with E-state index in [1.165, 1.54) is 11.3 Å². The summed E-state index contributed by atoms with van der Waals surface area (Å²) in [6.45, 7) is 2.99. The molecule has 1 unspecified atom stereocenters. The SMILES string of the molecule is NCCC1CCCCN1CC(=O)N1CCNC1=O. The fourth-order valence-corrected chi connectivity index (χ4v) is 2.76. The van der Waals surface area contributed by atoms with Gasteiger partial charge in [0.1, 0.15) is 0 Å². The normalized spacial score (nSPS) is 25.3. The first-order chi connectivity index (χ1) is 8.72. The van der Waals surface area contributed by atoms with E-state index in [1.807, 2.05) is 0 Å². The van der Waals surface area contributed by atoms with E-state index in [1.54, 1.807) is 0 Å². The van der Waals surface area contributed by atoms with E-state index in [9.17, 15) is 9.59 Å². The molecule has 1 atom stereocenters. The molecule has 0 aromatic carbocycles. The second kappa shape index (κ2) is 6.15. The summed E-state index contributed by atoms with van der Waals surface area (Å²) in [5.74, 6) is -0.0890. The van der Waals surface area contributed by atoms with Crippen LogP contribution >= 0.6 is 0 Å². The van der Waals surface area contributed by atoms with Gasteiger partial charge in [-0.05, 0) is 32.4 Å². The van der Waals surface area contributed by atoms with Gasteiger partial charge in [-0.3, -0.25) is 14.6 Å². The molecule has 0 spiro atoms. The van der Waals surface area contributed by atoms with Crippen LogP contribution in [-0.2, 0) is 4.79 Å². The molecular formula is C12H22N4O2. The zero-order chi connectivity index (χ0) is 13.0. The van der Waals surface area contributed by atoms with Gasteiger partial charge in [0.2, 0.25) is 5.91 Å². The van der Waals surface area contributed by atoms with Crippen LogP contribution in [0.15, 0.2) is 0 Å². The zero-order valence-corrected chi connectivity index (χ0v) is 10.7. The highest BCUT2D eigenvalue weighted by atomic mass is 16.2. The third-order valence-electron chi connectivity index (χ3n) is 3.75. The Morgan fingerprint density at radius 2 is 2.22 bits per heavy atom. The van der Waals surface area contributed by atoms with Crippen molar-refractivity contribution >= 4 is 11.9 Å². The molecule has 6 nitrogen and oxygen atoms in total. The minimum Gasteiger partial charge on any atom is -0.336 e. The molecule has 0 bridgehead atoms. The number of carbonyl (C=O) groups is 2. The van der Waals surface area contributed by atoms with E-state index in [2.05, 4.69) is 10.2 Å². The molecule has 0 aromatic heterocycles. The molecule has 102 valence electrons. The van der Waals surface area contributed by atoms with Gasteiger partial charge >= 0.3 is 6.03 Å². The molecular weight excluding hydrogens is 232 g/mol. The van der Waals surface area contributed by atoms with Crippen LogP contribution in [0.2, 0.25) is 0 Å². The van der Waals surface area contributed by atoms with Crippen molar-refractivity contribution in [2.75, 3.05) is 32.7 Å². The van der Waals surface area contributed by atoms with Crippen molar-refractivity contribution in [3.63, 3.8) is 0 Å². The monoisotopic (exact) mass is 254 g/mol. The number of nitrogens with two attached hydrogens (primary N) is 1. The van der Waals surface area contributed by atoms with Crippen molar-refractivity contribution in [1.82, 2.24) is 15.1 Å². The van der Waals surface area contributed by atoms with E-state index in [0.29, 0.717) is 32.2 Å². The number of piperidine rings is 1. The van der Waals surface area contributed by atoms with Crippen molar-refractivity contribution in [2.24, 2.45) is 5.73 Å². The maximum Gasteiger partial charge on any atom is 0.324 e. The average molecular weight is 254 g/mol. The van der Waals surface area contributed by atoms with Crippen LogP contribution in [0.25, 0.3) is 0 Å². The quantitative estimate of drug-likeness (QED) is 0.724. The number of urea groups is 1. The van der Waals surface area contributed by atoms with Crippen molar-refractivity contribution in [3.05, 3.63) is 0 Å². The predicted octanol–water partition coefficient (Wildman–Crippen LogP) is -0.258. The van der Waals surface area contributed by atoms with E-state index in [0.717, 1.165) is 25.8 Å². The highest BCUT2D eigenvalue weighted by molar-refractivity contribution is 5.96. The van der Waals surface area contributed by atoms with Crippen LogP contribution in [0.3, 0.4) is 0 Å². The number of rotatable bonds is 4. The fourth-order valence-electron chi connectivity index (χ4n) is 2.76. The van der Waals surface area contributed by atoms with Crippen molar-refractivity contribution < 1.29 is 9.59 Å². The number of hydrogen-bond acceptors (Lipinski definition) is 4. The van der Waals surface area contributed by atoms with Crippen LogP contribution < -0.4 is 11.1 Å². The van der Waals surface area contributed by atoms with E-state index >= 15 is 0 Å². The Morgan fingerprint density at radius 1 is 1.39 bits per heavy atom. The van der Waals surface area contributed by atoms with Gasteiger partial charge in [-0.2, -0.15) is 0 Å². The van der Waals surface area contributed by atoms with Crippen molar-refractivity contribution in [2.45, 2.75) is 31.7 Å². The smallest absolute Gasteiger partial charge is 0.324 e. The summed E-state index contributed by atoms with van der Waals surface area (Å²) in [6, 6.07) is 0.144. The molecule has 0 aliphatic carbocycles. The second-order valence-corrected chi connectivity index (χ2v) is 4.97. The molecule has 2 saturated heterocycles. The standard InChI is InChI=1S/C12H22N4O2/c13-5-4-10-3-1-2-7-15(10)9-11(17)16-8-6-14-12(16)18/h10H,1-9,13H2,(H,14,18). The first-order valence-electron chi connectivity index (χ1n) is 6.74. The van der Waals surface area contributed by atoms with Crippen molar-refractivity contribution in [1.29, 1.82) is 0 Å². The minimum absolute atomic E-state index is 0.0890. The number of nitrogens with zero attached hydrogens (tertiary/aromatic N) is 2. The Bertz CT molecular complexity index is 319. The van der Waals surface area contributed by atoms with Crippen LogP contribution in [0.1, 0.15) is 25.7 Å². The Hall–Kier alpha value is -1.14. The first-order valence-corrected chi connectivity index (χ1v) is 6.74. The lowest BCUT2D eigenvalue weighted by Crippen LogP contribution is -2.48. The number of likely N-dealkylation sites (tertiary alicyclic amines) is 1. The molecule has 2 heterocycles. The minimum atomic E-state index is -0.257. The highest BCUT2D eigenvalue weighted by Gasteiger charge is 2.30. The Kier molecular flexibility index (Phi) is 4.54. The molecule has 0 aromatic rings. The van der Waals surface area contributed by atoms with Crippen LogP contribution in [-0.4, -0.2) is 60.5 Å². The van der Waals surface area contributed by atoms with Gasteiger partial charge < -0.3 is 11.1 Å². The van der Waals surface area contributed by atoms with Crippen LogP contribution in [0.4, 0.5) is 4.79 Å². The molecule has 0 saturated carbocycles. The largest absolute Gasteiger partial charge is 0.336 e. The Balaban J connectivity index is 1.89. The number of nitrogens with one attached hydrogen (secondary N) is 1. The molecule has 3 N–H and O–H groups in total. The molecule has 18 heavy (non-hydrogen) atoms. The second-order valence-electron chi connectivity index (χ2n) is 4.97. The number of imide groups is 1. The molecule has 2 aliphatic heterocycles. The summed E-state index contributed by atoms with van der Waals surface area (Å²) in [5, 5.41) is 2.65. The third kappa shape index (κ3) is 3.00. The highest BCUT2D eigenvalue weighted by Crippen LogP contribution is 2.19. The lowest BCUT2D eigenvalue weighted by molar-refractivity contribution is -0.129. The molecule has 0 radical (unpaired) electrons.